The van der Waals surface area contributed by atoms with Gasteiger partial charge in [-0.1, -0.05) is 11.6 Å². The summed E-state index contributed by atoms with van der Waals surface area (Å²) in [6, 6.07) is 6.83. The molecule has 0 bridgehead atoms. The molecule has 2 aromatic rings. The minimum atomic E-state index is -3.80. The zero-order valence-corrected chi connectivity index (χ0v) is 13.1. The number of rotatable bonds is 4. The summed E-state index contributed by atoms with van der Waals surface area (Å²) in [5, 5.41) is 0.590. The number of nitrogens with zero attached hydrogens (tertiary/aromatic N) is 4. The van der Waals surface area contributed by atoms with Gasteiger partial charge >= 0.3 is 10.0 Å². The summed E-state index contributed by atoms with van der Waals surface area (Å²) in [5.74, 6) is 0.338. The number of hydrogen-bond donors (Lipinski definition) is 0. The zero-order valence-electron chi connectivity index (χ0n) is 10.7. The van der Waals surface area contributed by atoms with Gasteiger partial charge in [-0.05, 0) is 24.3 Å². The number of hydrogen-bond acceptors (Lipinski definition) is 5. The molecule has 1 aromatic carbocycles. The summed E-state index contributed by atoms with van der Waals surface area (Å²) in [4.78, 5) is 5.53. The van der Waals surface area contributed by atoms with Gasteiger partial charge in [0.25, 0.3) is 4.34 Å². The highest BCUT2D eigenvalue weighted by atomic mass is 35.5. The fraction of sp³-hybridized carbons (Fsp3) is 0.182. The van der Waals surface area contributed by atoms with E-state index in [1.165, 1.54) is 11.2 Å². The van der Waals surface area contributed by atoms with Gasteiger partial charge in [-0.15, -0.1) is 4.40 Å². The molecule has 0 spiro atoms. The van der Waals surface area contributed by atoms with E-state index in [9.17, 15) is 8.42 Å². The van der Waals surface area contributed by atoms with Crippen LogP contribution in [0.3, 0.4) is 0 Å². The maximum atomic E-state index is 11.9. The Bertz CT molecular complexity index is 723. The summed E-state index contributed by atoms with van der Waals surface area (Å²) in [5.41, 5.74) is 0.698. The lowest BCUT2D eigenvalue weighted by Crippen LogP contribution is -2.10. The third-order valence-corrected chi connectivity index (χ3v) is 4.67. The van der Waals surface area contributed by atoms with E-state index in [0.29, 0.717) is 16.4 Å². The van der Waals surface area contributed by atoms with Crippen molar-refractivity contribution in [2.75, 3.05) is 14.1 Å². The lowest BCUT2D eigenvalue weighted by atomic mass is 10.2. The number of halogens is 1. The Morgan fingerprint density at radius 2 is 1.95 bits per heavy atom. The van der Waals surface area contributed by atoms with Gasteiger partial charge in [-0.3, -0.25) is 0 Å². The first-order chi connectivity index (χ1) is 9.38. The Kier molecular flexibility index (Phi) is 4.36. The molecule has 0 saturated heterocycles. The third-order valence-electron chi connectivity index (χ3n) is 2.15. The first-order valence-corrected chi connectivity index (χ1v) is 8.04. The van der Waals surface area contributed by atoms with Crippen LogP contribution in [0.5, 0.6) is 0 Å². The quantitative estimate of drug-likeness (QED) is 0.634. The second-order valence-electron chi connectivity index (χ2n) is 4.05. The van der Waals surface area contributed by atoms with E-state index in [-0.39, 0.29) is 4.34 Å². The van der Waals surface area contributed by atoms with Crippen molar-refractivity contribution in [3.05, 3.63) is 29.3 Å². The maximum absolute atomic E-state index is 11.9. The summed E-state index contributed by atoms with van der Waals surface area (Å²) < 4.78 is 31.2. The molecule has 0 amide bonds. The molecule has 0 aliphatic heterocycles. The number of aromatic nitrogens is 2. The fourth-order valence-corrected chi connectivity index (χ4v) is 3.02. The molecule has 1 heterocycles. The van der Waals surface area contributed by atoms with Crippen molar-refractivity contribution >= 4 is 39.5 Å². The lowest BCUT2D eigenvalue weighted by molar-refractivity contribution is 0.594. The van der Waals surface area contributed by atoms with Crippen LogP contribution in [0.1, 0.15) is 0 Å². The van der Waals surface area contributed by atoms with Crippen LogP contribution < -0.4 is 0 Å². The molecule has 0 atom stereocenters. The van der Waals surface area contributed by atoms with Gasteiger partial charge in [0.15, 0.2) is 5.82 Å². The first kappa shape index (κ1) is 14.9. The molecule has 0 radical (unpaired) electrons. The fourth-order valence-electron chi connectivity index (χ4n) is 1.23. The molecule has 20 heavy (non-hydrogen) atoms. The average Bonchev–Trinajstić information content (AvgIpc) is 2.88. The minimum absolute atomic E-state index is 0.138. The molecule has 106 valence electrons. The average molecular weight is 331 g/mol. The standard InChI is InChI=1S/C11H11ClN4O2S2/c1-16(2)7-13-20(17,18)11-14-10(15-19-11)8-3-5-9(12)6-4-8/h3-7H,1-2H3. The van der Waals surface area contributed by atoms with E-state index in [4.69, 9.17) is 11.6 Å². The molecule has 0 unspecified atom stereocenters. The second kappa shape index (κ2) is 5.86. The molecule has 0 N–H and O–H groups in total. The van der Waals surface area contributed by atoms with Crippen LogP contribution in [-0.4, -0.2) is 43.1 Å². The predicted molar refractivity (Wildman–Crippen MR) is 79.7 cm³/mol. The Balaban J connectivity index is 2.31. The smallest absolute Gasteiger partial charge is 0.312 e. The maximum Gasteiger partial charge on any atom is 0.312 e. The third kappa shape index (κ3) is 3.53. The van der Waals surface area contributed by atoms with Crippen LogP contribution in [0.4, 0.5) is 0 Å². The highest BCUT2D eigenvalue weighted by Crippen LogP contribution is 2.23. The van der Waals surface area contributed by atoms with E-state index < -0.39 is 10.0 Å². The van der Waals surface area contributed by atoms with Gasteiger partial charge in [-0.2, -0.15) is 12.8 Å². The van der Waals surface area contributed by atoms with E-state index in [1.54, 1.807) is 38.4 Å². The topological polar surface area (TPSA) is 75.5 Å². The summed E-state index contributed by atoms with van der Waals surface area (Å²) in [6.07, 6.45) is 1.21. The molecular formula is C11H11ClN4O2S2. The van der Waals surface area contributed by atoms with E-state index >= 15 is 0 Å². The Morgan fingerprint density at radius 3 is 2.55 bits per heavy atom. The molecule has 0 saturated carbocycles. The van der Waals surface area contributed by atoms with Gasteiger partial charge in [0, 0.05) is 36.2 Å². The van der Waals surface area contributed by atoms with Gasteiger partial charge < -0.3 is 4.90 Å². The van der Waals surface area contributed by atoms with Crippen molar-refractivity contribution in [3.63, 3.8) is 0 Å². The zero-order chi connectivity index (χ0) is 14.8. The Labute approximate surface area is 126 Å². The normalized spacial score (nSPS) is 11.9. The lowest BCUT2D eigenvalue weighted by Gasteiger charge is -2.00. The van der Waals surface area contributed by atoms with Crippen LogP contribution in [0.25, 0.3) is 11.4 Å². The molecule has 1 aromatic heterocycles. The summed E-state index contributed by atoms with van der Waals surface area (Å²) >= 11 is 6.58. The molecule has 0 aliphatic carbocycles. The largest absolute Gasteiger partial charge is 0.368 e. The van der Waals surface area contributed by atoms with Crippen molar-refractivity contribution in [2.24, 2.45) is 4.40 Å². The van der Waals surface area contributed by atoms with Gasteiger partial charge in [0.1, 0.15) is 6.34 Å². The highest BCUT2D eigenvalue weighted by molar-refractivity contribution is 7.92. The monoisotopic (exact) mass is 330 g/mol. The van der Waals surface area contributed by atoms with Crippen molar-refractivity contribution in [3.8, 4) is 11.4 Å². The van der Waals surface area contributed by atoms with Crippen LogP contribution in [-0.2, 0) is 10.0 Å². The molecule has 6 nitrogen and oxygen atoms in total. The van der Waals surface area contributed by atoms with Gasteiger partial charge in [0.2, 0.25) is 0 Å². The number of sulfonamides is 1. The minimum Gasteiger partial charge on any atom is -0.368 e. The van der Waals surface area contributed by atoms with E-state index in [2.05, 4.69) is 13.8 Å². The van der Waals surface area contributed by atoms with E-state index in [1.807, 2.05) is 0 Å². The molecule has 0 aliphatic rings. The molecule has 0 fully saturated rings. The molecular weight excluding hydrogens is 320 g/mol. The predicted octanol–water partition coefficient (Wildman–Crippen LogP) is 2.14. The Morgan fingerprint density at radius 1 is 1.30 bits per heavy atom. The van der Waals surface area contributed by atoms with Crippen molar-refractivity contribution in [1.29, 1.82) is 0 Å². The second-order valence-corrected chi connectivity index (χ2v) is 7.04. The van der Waals surface area contributed by atoms with Crippen molar-refractivity contribution in [1.82, 2.24) is 14.3 Å². The van der Waals surface area contributed by atoms with Gasteiger partial charge in [-0.25, -0.2) is 4.98 Å². The van der Waals surface area contributed by atoms with E-state index in [0.717, 1.165) is 11.5 Å². The highest BCUT2D eigenvalue weighted by Gasteiger charge is 2.19. The summed E-state index contributed by atoms with van der Waals surface area (Å²) in [6.45, 7) is 0. The first-order valence-electron chi connectivity index (χ1n) is 5.45. The van der Waals surface area contributed by atoms with Crippen molar-refractivity contribution < 1.29 is 8.42 Å². The van der Waals surface area contributed by atoms with Crippen LogP contribution in [0, 0.1) is 0 Å². The van der Waals surface area contributed by atoms with Crippen LogP contribution in [0.15, 0.2) is 33.0 Å². The van der Waals surface area contributed by atoms with Crippen LogP contribution >= 0.6 is 23.1 Å². The molecule has 2 rings (SSSR count). The number of benzene rings is 1. The van der Waals surface area contributed by atoms with Crippen molar-refractivity contribution in [2.45, 2.75) is 4.34 Å². The molecule has 9 heteroatoms. The van der Waals surface area contributed by atoms with Crippen LogP contribution in [0.2, 0.25) is 5.02 Å². The SMILES string of the molecule is CN(C)C=NS(=O)(=O)c1nc(-c2ccc(Cl)cc2)ns1. The summed E-state index contributed by atoms with van der Waals surface area (Å²) in [7, 11) is -0.446. The Hall–Kier alpha value is -1.51. The van der Waals surface area contributed by atoms with Gasteiger partial charge in [0.05, 0.1) is 0 Å².